The number of aromatic hydroxyl groups is 1. The monoisotopic (exact) mass is 409 g/mol. The summed E-state index contributed by atoms with van der Waals surface area (Å²) >= 11 is 0. The summed E-state index contributed by atoms with van der Waals surface area (Å²) in [5.41, 5.74) is 0.501. The van der Waals surface area contributed by atoms with Crippen molar-refractivity contribution >= 4 is 23.4 Å². The standard InChI is InChI=1S/C20H16FN5O4/c1-30-14-5-6-15(21)12(8-14)9-26-19-16(23-20(26)29)18(22-10-27)24-17(25-19)11-3-2-4-13(28)7-11/h2-8,10,28H,9H2,1H3,(H,23,29)(H,22,24,25,27). The van der Waals surface area contributed by atoms with Gasteiger partial charge in [0.05, 0.1) is 13.7 Å². The Labute approximate surface area is 168 Å². The highest BCUT2D eigenvalue weighted by Gasteiger charge is 2.18. The predicted octanol–water partition coefficient (Wildman–Crippen LogP) is 2.26. The summed E-state index contributed by atoms with van der Waals surface area (Å²) in [7, 11) is 1.46. The number of ether oxygens (including phenoxy) is 1. The number of hydrogen-bond donors (Lipinski definition) is 3. The Balaban J connectivity index is 1.91. The van der Waals surface area contributed by atoms with Crippen LogP contribution in [0.25, 0.3) is 22.6 Å². The summed E-state index contributed by atoms with van der Waals surface area (Å²) in [4.78, 5) is 34.9. The minimum absolute atomic E-state index is 0.00556. The van der Waals surface area contributed by atoms with Crippen LogP contribution in [-0.2, 0) is 11.3 Å². The molecule has 0 spiro atoms. The zero-order valence-corrected chi connectivity index (χ0v) is 15.7. The molecule has 30 heavy (non-hydrogen) atoms. The van der Waals surface area contributed by atoms with Gasteiger partial charge >= 0.3 is 5.69 Å². The van der Waals surface area contributed by atoms with E-state index < -0.39 is 11.5 Å². The molecule has 2 aromatic carbocycles. The Bertz CT molecular complexity index is 1310. The molecule has 2 heterocycles. The lowest BCUT2D eigenvalue weighted by atomic mass is 10.2. The van der Waals surface area contributed by atoms with E-state index in [1.54, 1.807) is 12.1 Å². The zero-order chi connectivity index (χ0) is 21.3. The molecule has 0 saturated heterocycles. The number of phenolic OH excluding ortho intramolecular Hbond substituents is 1. The lowest BCUT2D eigenvalue weighted by molar-refractivity contribution is -0.105. The lowest BCUT2D eigenvalue weighted by Crippen LogP contribution is -2.18. The van der Waals surface area contributed by atoms with Crippen LogP contribution in [0.1, 0.15) is 5.56 Å². The van der Waals surface area contributed by atoms with Crippen molar-refractivity contribution in [3.05, 3.63) is 64.3 Å². The van der Waals surface area contributed by atoms with Crippen LogP contribution in [0.15, 0.2) is 47.3 Å². The number of H-pyrrole nitrogens is 1. The van der Waals surface area contributed by atoms with E-state index in [2.05, 4.69) is 20.3 Å². The van der Waals surface area contributed by atoms with Crippen molar-refractivity contribution in [2.75, 3.05) is 12.4 Å². The second-order valence-corrected chi connectivity index (χ2v) is 6.38. The van der Waals surface area contributed by atoms with Gasteiger partial charge in [-0.3, -0.25) is 9.36 Å². The summed E-state index contributed by atoms with van der Waals surface area (Å²) in [5, 5.41) is 12.2. The molecule has 9 nitrogen and oxygen atoms in total. The van der Waals surface area contributed by atoms with Gasteiger partial charge in [0, 0.05) is 11.1 Å². The zero-order valence-electron chi connectivity index (χ0n) is 15.7. The average molecular weight is 409 g/mol. The third kappa shape index (κ3) is 3.46. The van der Waals surface area contributed by atoms with Gasteiger partial charge in [-0.1, -0.05) is 12.1 Å². The molecule has 3 N–H and O–H groups in total. The van der Waals surface area contributed by atoms with Crippen LogP contribution in [0, 0.1) is 5.82 Å². The van der Waals surface area contributed by atoms with E-state index in [1.807, 2.05) is 0 Å². The van der Waals surface area contributed by atoms with Crippen molar-refractivity contribution in [2.24, 2.45) is 0 Å². The average Bonchev–Trinajstić information content (AvgIpc) is 3.05. The number of aromatic nitrogens is 4. The number of anilines is 1. The fourth-order valence-electron chi connectivity index (χ4n) is 3.08. The molecule has 0 saturated carbocycles. The Kier molecular flexibility index (Phi) is 4.88. The second-order valence-electron chi connectivity index (χ2n) is 6.38. The van der Waals surface area contributed by atoms with Crippen LogP contribution in [0.2, 0.25) is 0 Å². The first-order valence-corrected chi connectivity index (χ1v) is 8.82. The summed E-state index contributed by atoms with van der Waals surface area (Å²) in [6.07, 6.45) is 0.422. The summed E-state index contributed by atoms with van der Waals surface area (Å²) in [6.45, 7) is -0.126. The molecule has 0 bridgehead atoms. The number of hydrogen-bond acceptors (Lipinski definition) is 6. The van der Waals surface area contributed by atoms with Gasteiger partial charge in [-0.25, -0.2) is 19.2 Å². The summed E-state index contributed by atoms with van der Waals surface area (Å²) in [6, 6.07) is 10.4. The third-order valence-corrected chi connectivity index (χ3v) is 4.50. The van der Waals surface area contributed by atoms with Gasteiger partial charge in [-0.2, -0.15) is 0 Å². The number of nitrogens with one attached hydrogen (secondary N) is 2. The van der Waals surface area contributed by atoms with Gasteiger partial charge in [0.1, 0.15) is 22.8 Å². The molecule has 0 unspecified atom stereocenters. The van der Waals surface area contributed by atoms with Crippen LogP contribution in [0.5, 0.6) is 11.5 Å². The fraction of sp³-hybridized carbons (Fsp3) is 0.100. The first-order valence-electron chi connectivity index (χ1n) is 8.82. The maximum Gasteiger partial charge on any atom is 0.328 e. The molecule has 0 atom stereocenters. The van der Waals surface area contributed by atoms with Gasteiger partial charge in [0.25, 0.3) is 0 Å². The molecule has 10 heteroatoms. The number of amides is 1. The first-order chi connectivity index (χ1) is 14.5. The Morgan fingerprint density at radius 3 is 2.83 bits per heavy atom. The van der Waals surface area contributed by atoms with Crippen molar-refractivity contribution in [3.63, 3.8) is 0 Å². The van der Waals surface area contributed by atoms with E-state index in [0.29, 0.717) is 17.7 Å². The Morgan fingerprint density at radius 2 is 2.10 bits per heavy atom. The number of imidazole rings is 1. The van der Waals surface area contributed by atoms with Gasteiger partial charge in [0.2, 0.25) is 6.41 Å². The maximum absolute atomic E-state index is 14.3. The van der Waals surface area contributed by atoms with Gasteiger partial charge in [-0.15, -0.1) is 0 Å². The summed E-state index contributed by atoms with van der Waals surface area (Å²) < 4.78 is 20.7. The van der Waals surface area contributed by atoms with E-state index in [-0.39, 0.29) is 40.7 Å². The van der Waals surface area contributed by atoms with E-state index in [1.165, 1.54) is 42.0 Å². The number of aromatic amines is 1. The largest absolute Gasteiger partial charge is 0.508 e. The molecule has 0 aliphatic carbocycles. The smallest absolute Gasteiger partial charge is 0.328 e. The van der Waals surface area contributed by atoms with E-state index >= 15 is 0 Å². The SMILES string of the molecule is COc1ccc(F)c(Cn2c(=O)[nH]c3c(NC=O)nc(-c4cccc(O)c4)nc32)c1. The molecule has 0 radical (unpaired) electrons. The summed E-state index contributed by atoms with van der Waals surface area (Å²) in [5.74, 6) is 0.186. The number of rotatable bonds is 6. The molecule has 1 amide bonds. The number of halogens is 1. The minimum Gasteiger partial charge on any atom is -0.508 e. The van der Waals surface area contributed by atoms with Crippen LogP contribution < -0.4 is 15.7 Å². The first kappa shape index (κ1) is 19.1. The molecular weight excluding hydrogens is 393 g/mol. The number of phenols is 1. The third-order valence-electron chi connectivity index (χ3n) is 4.50. The van der Waals surface area contributed by atoms with Crippen LogP contribution in [0.3, 0.4) is 0 Å². The maximum atomic E-state index is 14.3. The van der Waals surface area contributed by atoms with Crippen molar-refractivity contribution in [2.45, 2.75) is 6.54 Å². The number of benzene rings is 2. The van der Waals surface area contributed by atoms with Gasteiger partial charge in [-0.05, 0) is 30.3 Å². The number of fused-ring (bicyclic) bond motifs is 1. The van der Waals surface area contributed by atoms with Gasteiger partial charge < -0.3 is 20.1 Å². The fourth-order valence-corrected chi connectivity index (χ4v) is 3.08. The number of carbonyl (C=O) groups is 1. The number of nitrogens with zero attached hydrogens (tertiary/aromatic N) is 3. The Hall–Kier alpha value is -4.21. The Morgan fingerprint density at radius 1 is 1.27 bits per heavy atom. The molecule has 4 aromatic rings. The molecule has 0 fully saturated rings. The molecular formula is C20H16FN5O4. The van der Waals surface area contributed by atoms with Crippen molar-refractivity contribution < 1.29 is 19.0 Å². The highest BCUT2D eigenvalue weighted by molar-refractivity contribution is 5.90. The minimum atomic E-state index is -0.552. The molecule has 0 aliphatic rings. The molecule has 4 rings (SSSR count). The van der Waals surface area contributed by atoms with E-state index in [0.717, 1.165) is 0 Å². The lowest BCUT2D eigenvalue weighted by Gasteiger charge is -2.09. The van der Waals surface area contributed by atoms with Crippen molar-refractivity contribution in [1.29, 1.82) is 0 Å². The van der Waals surface area contributed by atoms with Gasteiger partial charge in [0.15, 0.2) is 17.3 Å². The van der Waals surface area contributed by atoms with E-state index in [9.17, 15) is 19.1 Å². The highest BCUT2D eigenvalue weighted by Crippen LogP contribution is 2.26. The topological polar surface area (TPSA) is 122 Å². The van der Waals surface area contributed by atoms with Crippen LogP contribution in [-0.4, -0.2) is 38.1 Å². The molecule has 2 aromatic heterocycles. The quantitative estimate of drug-likeness (QED) is 0.420. The van der Waals surface area contributed by atoms with Crippen LogP contribution >= 0.6 is 0 Å². The van der Waals surface area contributed by atoms with E-state index in [4.69, 9.17) is 4.74 Å². The number of carbonyl (C=O) groups excluding carboxylic acids is 1. The predicted molar refractivity (Wildman–Crippen MR) is 107 cm³/mol. The molecule has 0 aliphatic heterocycles. The highest BCUT2D eigenvalue weighted by atomic mass is 19.1. The van der Waals surface area contributed by atoms with Crippen molar-refractivity contribution in [1.82, 2.24) is 19.5 Å². The molecule has 152 valence electrons. The van der Waals surface area contributed by atoms with Crippen LogP contribution in [0.4, 0.5) is 10.2 Å². The number of methoxy groups -OCH3 is 1. The normalized spacial score (nSPS) is 10.9. The second kappa shape index (κ2) is 7.66. The van der Waals surface area contributed by atoms with Crippen molar-refractivity contribution in [3.8, 4) is 22.9 Å².